The van der Waals surface area contributed by atoms with Crippen LogP contribution in [0.15, 0.2) is 30.6 Å². The monoisotopic (exact) mass is 285 g/mol. The Balaban J connectivity index is 1.74. The van der Waals surface area contributed by atoms with Crippen LogP contribution >= 0.6 is 0 Å². The first-order valence-corrected chi connectivity index (χ1v) is 6.42. The van der Waals surface area contributed by atoms with Crippen LogP contribution in [-0.2, 0) is 18.3 Å². The minimum absolute atomic E-state index is 0.131. The van der Waals surface area contributed by atoms with Crippen LogP contribution in [0.4, 0.5) is 0 Å². The Hall–Kier alpha value is -2.88. The first-order chi connectivity index (χ1) is 10.2. The number of rotatable bonds is 6. The van der Waals surface area contributed by atoms with Gasteiger partial charge in [0.15, 0.2) is 12.4 Å². The summed E-state index contributed by atoms with van der Waals surface area (Å²) in [6, 6.07) is 8.80. The summed E-state index contributed by atoms with van der Waals surface area (Å²) in [7, 11) is 1.79. The number of carbonyl (C=O) groups excluding carboxylic acids is 1. The molecule has 0 unspecified atom stereocenters. The normalized spacial score (nSPS) is 9.90. The molecule has 0 aliphatic rings. The van der Waals surface area contributed by atoms with Crippen molar-refractivity contribution in [3.8, 4) is 11.8 Å². The van der Waals surface area contributed by atoms with Crippen LogP contribution in [0, 0.1) is 11.3 Å². The second-order valence-electron chi connectivity index (χ2n) is 4.33. The van der Waals surface area contributed by atoms with E-state index in [4.69, 9.17) is 10.00 Å². The number of nitriles is 1. The molecule has 7 nitrogen and oxygen atoms in total. The van der Waals surface area contributed by atoms with E-state index in [1.807, 2.05) is 6.07 Å². The lowest BCUT2D eigenvalue weighted by Crippen LogP contribution is -2.30. The maximum atomic E-state index is 11.6. The van der Waals surface area contributed by atoms with E-state index in [-0.39, 0.29) is 12.5 Å². The Bertz CT molecular complexity index is 659. The molecule has 0 aliphatic carbocycles. The Kier molecular flexibility index (Phi) is 4.88. The molecular weight excluding hydrogens is 270 g/mol. The van der Waals surface area contributed by atoms with Crippen molar-refractivity contribution >= 4 is 5.91 Å². The number of carbonyl (C=O) groups is 1. The van der Waals surface area contributed by atoms with Gasteiger partial charge in [-0.05, 0) is 12.1 Å². The fraction of sp³-hybridized carbons (Fsp3) is 0.286. The molecule has 0 saturated carbocycles. The smallest absolute Gasteiger partial charge is 0.257 e. The molecule has 1 aromatic heterocycles. The summed E-state index contributed by atoms with van der Waals surface area (Å²) in [6.07, 6.45) is 2.17. The van der Waals surface area contributed by atoms with Crippen molar-refractivity contribution in [2.24, 2.45) is 7.05 Å². The summed E-state index contributed by atoms with van der Waals surface area (Å²) >= 11 is 0. The maximum absolute atomic E-state index is 11.6. The van der Waals surface area contributed by atoms with Gasteiger partial charge in [-0.25, -0.2) is 4.98 Å². The van der Waals surface area contributed by atoms with Gasteiger partial charge in [0.1, 0.15) is 18.1 Å². The Morgan fingerprint density at radius 2 is 2.29 bits per heavy atom. The highest BCUT2D eigenvalue weighted by Gasteiger charge is 2.06. The van der Waals surface area contributed by atoms with E-state index < -0.39 is 0 Å². The highest BCUT2D eigenvalue weighted by atomic mass is 16.5. The molecule has 1 aromatic carbocycles. The van der Waals surface area contributed by atoms with Gasteiger partial charge in [-0.15, -0.1) is 0 Å². The summed E-state index contributed by atoms with van der Waals surface area (Å²) in [5.41, 5.74) is 0.406. The van der Waals surface area contributed by atoms with Crippen LogP contribution in [-0.4, -0.2) is 33.8 Å². The molecule has 1 amide bonds. The number of amides is 1. The second-order valence-corrected chi connectivity index (χ2v) is 4.33. The largest absolute Gasteiger partial charge is 0.482 e. The van der Waals surface area contributed by atoms with Crippen molar-refractivity contribution in [2.75, 3.05) is 13.2 Å². The van der Waals surface area contributed by atoms with Crippen molar-refractivity contribution in [3.05, 3.63) is 42.0 Å². The maximum Gasteiger partial charge on any atom is 0.257 e. The molecular formula is C14H15N5O2. The number of benzene rings is 1. The minimum atomic E-state index is -0.251. The summed E-state index contributed by atoms with van der Waals surface area (Å²) in [5, 5.41) is 15.7. The van der Waals surface area contributed by atoms with Crippen LogP contribution in [0.1, 0.15) is 11.4 Å². The second kappa shape index (κ2) is 7.05. The number of aryl methyl sites for hydroxylation is 1. The number of nitrogens with one attached hydrogen (secondary N) is 1. The van der Waals surface area contributed by atoms with Crippen LogP contribution in [0.2, 0.25) is 0 Å². The quantitative estimate of drug-likeness (QED) is 0.830. The lowest BCUT2D eigenvalue weighted by molar-refractivity contribution is -0.123. The first-order valence-electron chi connectivity index (χ1n) is 6.42. The predicted octanol–water partition coefficient (Wildman–Crippen LogP) is 0.424. The van der Waals surface area contributed by atoms with Crippen molar-refractivity contribution < 1.29 is 9.53 Å². The van der Waals surface area contributed by atoms with Crippen LogP contribution in [0.25, 0.3) is 0 Å². The van der Waals surface area contributed by atoms with E-state index in [9.17, 15) is 4.79 Å². The molecule has 2 rings (SSSR count). The minimum Gasteiger partial charge on any atom is -0.482 e. The molecule has 0 radical (unpaired) electrons. The number of ether oxygens (including phenoxy) is 1. The number of hydrogen-bond acceptors (Lipinski definition) is 5. The van der Waals surface area contributed by atoms with E-state index in [0.29, 0.717) is 30.1 Å². The number of nitrogens with zero attached hydrogens (tertiary/aromatic N) is 4. The predicted molar refractivity (Wildman–Crippen MR) is 74.4 cm³/mol. The average Bonchev–Trinajstić information content (AvgIpc) is 2.91. The van der Waals surface area contributed by atoms with Gasteiger partial charge in [-0.2, -0.15) is 10.4 Å². The third-order valence-corrected chi connectivity index (χ3v) is 2.68. The summed E-state index contributed by atoms with van der Waals surface area (Å²) in [4.78, 5) is 15.7. The van der Waals surface area contributed by atoms with Crippen LogP contribution in [0.5, 0.6) is 5.75 Å². The summed E-state index contributed by atoms with van der Waals surface area (Å²) in [6.45, 7) is 0.306. The standard InChI is InChI=1S/C14H15N5O2/c1-19-10-17-13(18-19)6-7-16-14(20)9-21-12-5-3-2-4-11(12)8-15/h2-5,10H,6-7,9H2,1H3,(H,16,20). The number of aromatic nitrogens is 3. The van der Waals surface area contributed by atoms with Gasteiger partial charge >= 0.3 is 0 Å². The molecule has 0 fully saturated rings. The SMILES string of the molecule is Cn1cnc(CCNC(=O)COc2ccccc2C#N)n1. The fourth-order valence-electron chi connectivity index (χ4n) is 1.69. The molecule has 0 bridgehead atoms. The third-order valence-electron chi connectivity index (χ3n) is 2.68. The lowest BCUT2D eigenvalue weighted by Gasteiger charge is -2.07. The third kappa shape index (κ3) is 4.31. The molecule has 1 heterocycles. The zero-order chi connectivity index (χ0) is 15.1. The molecule has 21 heavy (non-hydrogen) atoms. The number of para-hydroxylation sites is 1. The van der Waals surface area contributed by atoms with Gasteiger partial charge in [0.25, 0.3) is 5.91 Å². The van der Waals surface area contributed by atoms with Crippen molar-refractivity contribution in [1.29, 1.82) is 5.26 Å². The lowest BCUT2D eigenvalue weighted by atomic mass is 10.2. The fourth-order valence-corrected chi connectivity index (χ4v) is 1.69. The van der Waals surface area contributed by atoms with E-state index in [1.54, 1.807) is 42.3 Å². The van der Waals surface area contributed by atoms with Gasteiger partial charge in [0.05, 0.1) is 5.56 Å². The highest BCUT2D eigenvalue weighted by molar-refractivity contribution is 5.77. The zero-order valence-corrected chi connectivity index (χ0v) is 11.6. The van der Waals surface area contributed by atoms with E-state index in [0.717, 1.165) is 0 Å². The molecule has 0 spiro atoms. The van der Waals surface area contributed by atoms with Gasteiger partial charge in [0.2, 0.25) is 0 Å². The van der Waals surface area contributed by atoms with Gasteiger partial charge in [-0.1, -0.05) is 12.1 Å². The van der Waals surface area contributed by atoms with Crippen LogP contribution in [0.3, 0.4) is 0 Å². The zero-order valence-electron chi connectivity index (χ0n) is 11.6. The van der Waals surface area contributed by atoms with E-state index in [2.05, 4.69) is 15.4 Å². The molecule has 2 aromatic rings. The summed E-state index contributed by atoms with van der Waals surface area (Å²) < 4.78 is 6.94. The molecule has 0 aliphatic heterocycles. The Labute approximate surface area is 122 Å². The topological polar surface area (TPSA) is 92.8 Å². The van der Waals surface area contributed by atoms with Gasteiger partial charge in [0, 0.05) is 20.0 Å². The Morgan fingerprint density at radius 3 is 3.00 bits per heavy atom. The highest BCUT2D eigenvalue weighted by Crippen LogP contribution is 2.15. The molecule has 0 atom stereocenters. The van der Waals surface area contributed by atoms with Gasteiger partial charge < -0.3 is 10.1 Å². The van der Waals surface area contributed by atoms with Crippen molar-refractivity contribution in [3.63, 3.8) is 0 Å². The molecule has 108 valence electrons. The van der Waals surface area contributed by atoms with E-state index in [1.165, 1.54) is 0 Å². The van der Waals surface area contributed by atoms with Crippen LogP contribution < -0.4 is 10.1 Å². The Morgan fingerprint density at radius 1 is 1.48 bits per heavy atom. The number of hydrogen-bond donors (Lipinski definition) is 1. The molecule has 7 heteroatoms. The van der Waals surface area contributed by atoms with Crippen molar-refractivity contribution in [2.45, 2.75) is 6.42 Å². The molecule has 0 saturated heterocycles. The van der Waals surface area contributed by atoms with Crippen molar-refractivity contribution in [1.82, 2.24) is 20.1 Å². The van der Waals surface area contributed by atoms with Gasteiger partial charge in [-0.3, -0.25) is 9.48 Å². The van der Waals surface area contributed by atoms with E-state index >= 15 is 0 Å². The first kappa shape index (κ1) is 14.5. The summed E-state index contributed by atoms with van der Waals surface area (Å²) in [5.74, 6) is 0.828. The molecule has 1 N–H and O–H groups in total. The average molecular weight is 285 g/mol.